The van der Waals surface area contributed by atoms with Gasteiger partial charge in [0.1, 0.15) is 5.82 Å². The first kappa shape index (κ1) is 20.2. The van der Waals surface area contributed by atoms with E-state index < -0.39 is 0 Å². The third-order valence-electron chi connectivity index (χ3n) is 4.55. The predicted molar refractivity (Wildman–Crippen MR) is 119 cm³/mol. The van der Waals surface area contributed by atoms with E-state index >= 15 is 0 Å². The molecule has 1 aromatic heterocycles. The first-order chi connectivity index (χ1) is 13.7. The maximum absolute atomic E-state index is 9.18. The third kappa shape index (κ3) is 5.02. The molecule has 3 rings (SSSR count). The number of nitrogens with zero attached hydrogens (tertiary/aromatic N) is 3. The first-order valence-corrected chi connectivity index (χ1v) is 10.9. The van der Waals surface area contributed by atoms with E-state index in [0.29, 0.717) is 5.56 Å². The van der Waals surface area contributed by atoms with E-state index in [-0.39, 0.29) is 0 Å². The molecule has 0 spiro atoms. The zero-order valence-electron chi connectivity index (χ0n) is 16.5. The minimum atomic E-state index is 0.665. The lowest BCUT2D eigenvalue weighted by molar-refractivity contribution is 0.828. The number of anilines is 1. The van der Waals surface area contributed by atoms with Crippen molar-refractivity contribution in [3.8, 4) is 17.2 Å². The Morgan fingerprint density at radius 1 is 1.00 bits per heavy atom. The number of hydrogen-bond acceptors (Lipinski definition) is 5. The summed E-state index contributed by atoms with van der Waals surface area (Å²) in [5, 5.41) is 14.5. The summed E-state index contributed by atoms with van der Waals surface area (Å²) in [5.74, 6) is 1.94. The summed E-state index contributed by atoms with van der Waals surface area (Å²) in [5.41, 5.74) is 3.71. The van der Waals surface area contributed by atoms with Crippen molar-refractivity contribution < 1.29 is 0 Å². The van der Waals surface area contributed by atoms with Crippen molar-refractivity contribution in [1.82, 2.24) is 9.97 Å². The van der Waals surface area contributed by atoms with Gasteiger partial charge < -0.3 is 5.32 Å². The van der Waals surface area contributed by atoms with Crippen LogP contribution in [0, 0.1) is 11.3 Å². The van der Waals surface area contributed by atoms with Crippen molar-refractivity contribution >= 4 is 28.5 Å². The van der Waals surface area contributed by atoms with Gasteiger partial charge in [0, 0.05) is 17.7 Å². The van der Waals surface area contributed by atoms with Gasteiger partial charge in [0.2, 0.25) is 0 Å². The number of rotatable bonds is 9. The molecule has 1 N–H and O–H groups in total. The molecule has 0 aliphatic heterocycles. The summed E-state index contributed by atoms with van der Waals surface area (Å²) in [7, 11) is 0. The van der Waals surface area contributed by atoms with Gasteiger partial charge in [0.25, 0.3) is 0 Å². The van der Waals surface area contributed by atoms with Crippen molar-refractivity contribution in [2.75, 3.05) is 17.6 Å². The Kier molecular flexibility index (Phi) is 7.27. The van der Waals surface area contributed by atoms with E-state index in [4.69, 9.17) is 9.97 Å². The van der Waals surface area contributed by atoms with Crippen LogP contribution in [0.3, 0.4) is 0 Å². The van der Waals surface area contributed by atoms with E-state index in [1.807, 2.05) is 24.3 Å². The van der Waals surface area contributed by atoms with Gasteiger partial charge in [-0.2, -0.15) is 5.26 Å². The molecule has 0 unspecified atom stereocenters. The topological polar surface area (TPSA) is 61.6 Å². The molecular formula is C23H26N4S. The van der Waals surface area contributed by atoms with Crippen LogP contribution >= 0.6 is 11.8 Å². The Morgan fingerprint density at radius 3 is 2.61 bits per heavy atom. The summed E-state index contributed by atoms with van der Waals surface area (Å²) in [6.45, 7) is 5.28. The van der Waals surface area contributed by atoms with Crippen molar-refractivity contribution in [3.05, 3.63) is 48.0 Å². The standard InChI is InChI=1S/C23H26N4S/c1-3-5-12-25-22-20-15-19(18-9-7-8-17(14-18)16-24)10-11-21(20)26-23(27-22)28-13-6-4-2/h7-11,14-15H,3-6,12-13H2,1-2H3,(H,25,26,27). The average Bonchev–Trinajstić information content (AvgIpc) is 2.74. The van der Waals surface area contributed by atoms with E-state index in [1.165, 1.54) is 12.8 Å². The number of aromatic nitrogens is 2. The van der Waals surface area contributed by atoms with Crippen molar-refractivity contribution in [2.24, 2.45) is 0 Å². The first-order valence-electron chi connectivity index (χ1n) is 9.94. The molecule has 0 atom stereocenters. The van der Waals surface area contributed by atoms with Crippen LogP contribution in [0.25, 0.3) is 22.0 Å². The summed E-state index contributed by atoms with van der Waals surface area (Å²) in [4.78, 5) is 9.57. The molecule has 0 aliphatic rings. The third-order valence-corrected chi connectivity index (χ3v) is 5.49. The van der Waals surface area contributed by atoms with Gasteiger partial charge in [-0.3, -0.25) is 0 Å². The van der Waals surface area contributed by atoms with Gasteiger partial charge in [-0.25, -0.2) is 9.97 Å². The average molecular weight is 391 g/mol. The lowest BCUT2D eigenvalue weighted by Gasteiger charge is -2.12. The van der Waals surface area contributed by atoms with E-state index in [0.717, 1.165) is 58.1 Å². The highest BCUT2D eigenvalue weighted by atomic mass is 32.2. The highest BCUT2D eigenvalue weighted by Crippen LogP contribution is 2.30. The zero-order chi connectivity index (χ0) is 19.8. The fourth-order valence-corrected chi connectivity index (χ4v) is 3.88. The smallest absolute Gasteiger partial charge is 0.190 e. The maximum Gasteiger partial charge on any atom is 0.190 e. The van der Waals surface area contributed by atoms with Crippen LogP contribution in [-0.2, 0) is 0 Å². The van der Waals surface area contributed by atoms with Crippen LogP contribution in [-0.4, -0.2) is 22.3 Å². The van der Waals surface area contributed by atoms with Crippen molar-refractivity contribution in [2.45, 2.75) is 44.7 Å². The largest absolute Gasteiger partial charge is 0.369 e. The quantitative estimate of drug-likeness (QED) is 0.265. The van der Waals surface area contributed by atoms with E-state index in [1.54, 1.807) is 11.8 Å². The van der Waals surface area contributed by atoms with Crippen LogP contribution in [0.1, 0.15) is 45.1 Å². The Labute approximate surface area is 171 Å². The van der Waals surface area contributed by atoms with Crippen molar-refractivity contribution in [3.63, 3.8) is 0 Å². The van der Waals surface area contributed by atoms with Gasteiger partial charge in [-0.1, -0.05) is 56.7 Å². The molecule has 4 nitrogen and oxygen atoms in total. The summed E-state index contributed by atoms with van der Waals surface area (Å²) >= 11 is 1.72. The molecular weight excluding hydrogens is 364 g/mol. The second-order valence-electron chi connectivity index (χ2n) is 6.76. The molecule has 1 heterocycles. The molecule has 0 saturated heterocycles. The molecule has 3 aromatic rings. The number of nitrogens with one attached hydrogen (secondary N) is 1. The predicted octanol–water partition coefficient (Wildman–Crippen LogP) is 6.27. The second kappa shape index (κ2) is 10.1. The van der Waals surface area contributed by atoms with Gasteiger partial charge in [-0.05, 0) is 48.2 Å². The number of unbranched alkanes of at least 4 members (excludes halogenated alkanes) is 2. The maximum atomic E-state index is 9.18. The van der Waals surface area contributed by atoms with Crippen LogP contribution in [0.5, 0.6) is 0 Å². The highest BCUT2D eigenvalue weighted by molar-refractivity contribution is 7.99. The highest BCUT2D eigenvalue weighted by Gasteiger charge is 2.10. The lowest BCUT2D eigenvalue weighted by Crippen LogP contribution is -2.05. The normalized spacial score (nSPS) is 10.8. The minimum absolute atomic E-state index is 0.665. The molecule has 0 bridgehead atoms. The fraction of sp³-hybridized carbons (Fsp3) is 0.348. The molecule has 2 aromatic carbocycles. The van der Waals surface area contributed by atoms with E-state index in [2.05, 4.69) is 43.4 Å². The molecule has 0 aliphatic carbocycles. The lowest BCUT2D eigenvalue weighted by atomic mass is 10.0. The minimum Gasteiger partial charge on any atom is -0.369 e. The number of fused-ring (bicyclic) bond motifs is 1. The van der Waals surface area contributed by atoms with Gasteiger partial charge in [0.15, 0.2) is 5.16 Å². The van der Waals surface area contributed by atoms with Crippen molar-refractivity contribution in [1.29, 1.82) is 5.26 Å². The molecule has 0 amide bonds. The molecule has 0 radical (unpaired) electrons. The Bertz CT molecular complexity index is 978. The molecule has 0 fully saturated rings. The molecule has 0 saturated carbocycles. The zero-order valence-corrected chi connectivity index (χ0v) is 17.4. The van der Waals surface area contributed by atoms with Gasteiger partial charge >= 0.3 is 0 Å². The summed E-state index contributed by atoms with van der Waals surface area (Å²) in [6, 6.07) is 16.2. The van der Waals surface area contributed by atoms with Crippen LogP contribution in [0.15, 0.2) is 47.6 Å². The Balaban J connectivity index is 2.00. The molecule has 5 heteroatoms. The monoisotopic (exact) mass is 390 g/mol. The van der Waals surface area contributed by atoms with Crippen LogP contribution in [0.2, 0.25) is 0 Å². The summed E-state index contributed by atoms with van der Waals surface area (Å²) in [6.07, 6.45) is 4.58. The number of nitriles is 1. The number of hydrogen-bond donors (Lipinski definition) is 1. The molecule has 28 heavy (non-hydrogen) atoms. The Morgan fingerprint density at radius 2 is 1.82 bits per heavy atom. The molecule has 144 valence electrons. The second-order valence-corrected chi connectivity index (χ2v) is 7.82. The fourth-order valence-electron chi connectivity index (χ4n) is 2.95. The van der Waals surface area contributed by atoms with Gasteiger partial charge in [-0.15, -0.1) is 0 Å². The SMILES string of the molecule is CCCCNc1nc(SCCCC)nc2ccc(-c3cccc(C#N)c3)cc12. The van der Waals surface area contributed by atoms with Crippen LogP contribution < -0.4 is 5.32 Å². The van der Waals surface area contributed by atoms with Gasteiger partial charge in [0.05, 0.1) is 17.1 Å². The Hall–Kier alpha value is -2.58. The van der Waals surface area contributed by atoms with Crippen LogP contribution in [0.4, 0.5) is 5.82 Å². The summed E-state index contributed by atoms with van der Waals surface area (Å²) < 4.78 is 0. The number of thioether (sulfide) groups is 1. The number of benzene rings is 2. The van der Waals surface area contributed by atoms with E-state index in [9.17, 15) is 5.26 Å².